The molecule has 0 amide bonds. The van der Waals surface area contributed by atoms with Crippen LogP contribution in [0.25, 0.3) is 0 Å². The molecule has 0 radical (unpaired) electrons. The number of fused-ring (bicyclic) bond motifs is 5. The maximum absolute atomic E-state index is 11.2. The van der Waals surface area contributed by atoms with Crippen molar-refractivity contribution < 1.29 is 5.11 Å². The number of aliphatic hydroxyl groups is 1. The Morgan fingerprint density at radius 3 is 2.87 bits per heavy atom. The minimum atomic E-state index is -0.913. The highest BCUT2D eigenvalue weighted by Gasteiger charge is 2.64. The zero-order valence-electron chi connectivity index (χ0n) is 14.4. The summed E-state index contributed by atoms with van der Waals surface area (Å²) in [5, 5.41) is 11.2. The molecule has 0 aromatic rings. The van der Waals surface area contributed by atoms with Crippen molar-refractivity contribution in [1.29, 1.82) is 0 Å². The Balaban J connectivity index is 1.73. The summed E-state index contributed by atoms with van der Waals surface area (Å²) in [7, 11) is 0. The lowest BCUT2D eigenvalue weighted by molar-refractivity contribution is -0.0876. The molecule has 1 nitrogen and oxygen atoms in total. The van der Waals surface area contributed by atoms with E-state index in [9.17, 15) is 5.11 Å². The van der Waals surface area contributed by atoms with Crippen molar-refractivity contribution >= 4 is 0 Å². The Bertz CT molecular complexity index is 581. The maximum atomic E-state index is 11.2. The van der Waals surface area contributed by atoms with Crippen molar-refractivity contribution in [2.45, 2.75) is 63.9 Å². The highest BCUT2D eigenvalue weighted by molar-refractivity contribution is 5.30. The first-order valence-electron chi connectivity index (χ1n) is 9.61. The molecular formula is C22H30O. The predicted octanol–water partition coefficient (Wildman–Crippen LogP) is 4.73. The van der Waals surface area contributed by atoms with Crippen LogP contribution in [0.4, 0.5) is 0 Å². The zero-order valence-corrected chi connectivity index (χ0v) is 14.4. The van der Waals surface area contributed by atoms with Gasteiger partial charge in [0.1, 0.15) is 5.60 Å². The molecule has 23 heavy (non-hydrogen) atoms. The second-order valence-corrected chi connectivity index (χ2v) is 8.59. The highest BCUT2D eigenvalue weighted by Crippen LogP contribution is 2.67. The fourth-order valence-corrected chi connectivity index (χ4v) is 7.13. The van der Waals surface area contributed by atoms with Crippen LogP contribution < -0.4 is 0 Å². The molecule has 0 aromatic carbocycles. The minimum Gasteiger partial charge on any atom is -0.377 e. The van der Waals surface area contributed by atoms with Gasteiger partial charge in [-0.1, -0.05) is 37.1 Å². The quantitative estimate of drug-likeness (QED) is 0.548. The van der Waals surface area contributed by atoms with Gasteiger partial charge in [0.2, 0.25) is 0 Å². The summed E-state index contributed by atoms with van der Waals surface area (Å²) in [6, 6.07) is 0. The van der Waals surface area contributed by atoms with Crippen LogP contribution in [0.1, 0.15) is 58.3 Å². The molecule has 0 aromatic heterocycles. The van der Waals surface area contributed by atoms with Crippen molar-refractivity contribution in [2.24, 2.45) is 35.0 Å². The molecule has 4 aliphatic carbocycles. The molecule has 0 saturated heterocycles. The second-order valence-electron chi connectivity index (χ2n) is 8.59. The summed E-state index contributed by atoms with van der Waals surface area (Å²) in [6.45, 7) is 6.76. The fourth-order valence-electron chi connectivity index (χ4n) is 7.13. The van der Waals surface area contributed by atoms with E-state index in [-0.39, 0.29) is 5.41 Å². The first kappa shape index (κ1) is 15.5. The third-order valence-corrected chi connectivity index (χ3v) is 8.11. The van der Waals surface area contributed by atoms with E-state index >= 15 is 0 Å². The van der Waals surface area contributed by atoms with Crippen LogP contribution in [0, 0.1) is 47.3 Å². The SMILES string of the molecule is C#C[C@]1(O)CC[C@H]2[C@@H]3CCC4C=CCC[C@@H]4[C@H]3C(=C)C[C@@]21CC. The lowest BCUT2D eigenvalue weighted by Gasteiger charge is -2.57. The normalized spacial score (nSPS) is 51.5. The van der Waals surface area contributed by atoms with Crippen LogP contribution in [0.2, 0.25) is 0 Å². The van der Waals surface area contributed by atoms with Gasteiger partial charge in [0.25, 0.3) is 0 Å². The molecule has 0 aliphatic heterocycles. The van der Waals surface area contributed by atoms with E-state index in [1.165, 1.54) is 31.3 Å². The highest BCUT2D eigenvalue weighted by atomic mass is 16.3. The second kappa shape index (κ2) is 5.25. The minimum absolute atomic E-state index is 0.114. The van der Waals surface area contributed by atoms with Gasteiger partial charge in [-0.25, -0.2) is 0 Å². The molecule has 1 N–H and O–H groups in total. The van der Waals surface area contributed by atoms with E-state index < -0.39 is 5.60 Å². The van der Waals surface area contributed by atoms with Gasteiger partial charge in [-0.15, -0.1) is 6.42 Å². The summed E-state index contributed by atoms with van der Waals surface area (Å²) >= 11 is 0. The van der Waals surface area contributed by atoms with Gasteiger partial charge < -0.3 is 5.11 Å². The summed E-state index contributed by atoms with van der Waals surface area (Å²) in [6.07, 6.45) is 19.7. The molecule has 1 heteroatoms. The van der Waals surface area contributed by atoms with Gasteiger partial charge in [0.05, 0.1) is 0 Å². The fraction of sp³-hybridized carbons (Fsp3) is 0.727. The number of allylic oxidation sites excluding steroid dienone is 3. The van der Waals surface area contributed by atoms with Gasteiger partial charge >= 0.3 is 0 Å². The Labute approximate surface area is 141 Å². The smallest absolute Gasteiger partial charge is 0.131 e. The van der Waals surface area contributed by atoms with E-state index in [1.807, 2.05) is 0 Å². The third-order valence-electron chi connectivity index (χ3n) is 8.11. The zero-order chi connectivity index (χ0) is 16.2. The van der Waals surface area contributed by atoms with Gasteiger partial charge in [-0.2, -0.15) is 0 Å². The molecule has 0 heterocycles. The van der Waals surface area contributed by atoms with Crippen molar-refractivity contribution in [3.63, 3.8) is 0 Å². The molecule has 7 atom stereocenters. The molecule has 4 aliphatic rings. The summed E-state index contributed by atoms with van der Waals surface area (Å²) < 4.78 is 0. The number of hydrogen-bond donors (Lipinski definition) is 1. The standard InChI is InChI=1S/C22H30O/c1-4-21-14-15(3)20-17-9-7-6-8-16(17)10-11-18(20)19(21)12-13-22(21,23)5-2/h2,6,8,16-20,23H,3-4,7,9-14H2,1H3/t16?,17-,18-,19-,20+,21-,22-/m0/s1. The molecule has 0 spiro atoms. The van der Waals surface area contributed by atoms with Crippen molar-refractivity contribution in [3.05, 3.63) is 24.3 Å². The third kappa shape index (κ3) is 1.91. The van der Waals surface area contributed by atoms with E-state index in [4.69, 9.17) is 6.42 Å². The number of terminal acetylenes is 1. The Kier molecular flexibility index (Phi) is 3.54. The Morgan fingerprint density at radius 2 is 2.13 bits per heavy atom. The molecule has 3 saturated carbocycles. The Hall–Kier alpha value is -1.00. The van der Waals surface area contributed by atoms with Crippen molar-refractivity contribution in [2.75, 3.05) is 0 Å². The summed E-state index contributed by atoms with van der Waals surface area (Å²) in [4.78, 5) is 0. The lowest BCUT2D eigenvalue weighted by Crippen LogP contribution is -2.54. The van der Waals surface area contributed by atoms with Crippen LogP contribution in [0.3, 0.4) is 0 Å². The molecule has 4 rings (SSSR count). The molecule has 3 fully saturated rings. The van der Waals surface area contributed by atoms with Gasteiger partial charge in [-0.3, -0.25) is 0 Å². The van der Waals surface area contributed by atoms with E-state index in [2.05, 4.69) is 31.6 Å². The van der Waals surface area contributed by atoms with E-state index in [0.717, 1.165) is 37.5 Å². The van der Waals surface area contributed by atoms with Crippen LogP contribution in [0.5, 0.6) is 0 Å². The van der Waals surface area contributed by atoms with E-state index in [0.29, 0.717) is 17.8 Å². The number of rotatable bonds is 1. The van der Waals surface area contributed by atoms with Crippen molar-refractivity contribution in [1.82, 2.24) is 0 Å². The van der Waals surface area contributed by atoms with Gasteiger partial charge in [0.15, 0.2) is 0 Å². The average molecular weight is 310 g/mol. The number of hydrogen-bond acceptors (Lipinski definition) is 1. The molecule has 124 valence electrons. The van der Waals surface area contributed by atoms with Gasteiger partial charge in [0, 0.05) is 5.41 Å². The van der Waals surface area contributed by atoms with Crippen LogP contribution >= 0.6 is 0 Å². The van der Waals surface area contributed by atoms with Crippen LogP contribution in [0.15, 0.2) is 24.3 Å². The predicted molar refractivity (Wildman–Crippen MR) is 94.6 cm³/mol. The molecular weight excluding hydrogens is 280 g/mol. The van der Waals surface area contributed by atoms with Crippen LogP contribution in [-0.2, 0) is 0 Å². The monoisotopic (exact) mass is 310 g/mol. The molecule has 1 unspecified atom stereocenters. The largest absolute Gasteiger partial charge is 0.377 e. The topological polar surface area (TPSA) is 20.2 Å². The van der Waals surface area contributed by atoms with Gasteiger partial charge in [-0.05, 0) is 81.0 Å². The first-order chi connectivity index (χ1) is 11.1. The van der Waals surface area contributed by atoms with Crippen molar-refractivity contribution in [3.8, 4) is 12.3 Å². The first-order valence-corrected chi connectivity index (χ1v) is 9.61. The summed E-state index contributed by atoms with van der Waals surface area (Å²) in [5.74, 6) is 6.33. The Morgan fingerprint density at radius 1 is 1.30 bits per heavy atom. The maximum Gasteiger partial charge on any atom is 0.131 e. The van der Waals surface area contributed by atoms with E-state index in [1.54, 1.807) is 0 Å². The average Bonchev–Trinajstić information content (AvgIpc) is 2.88. The lowest BCUT2D eigenvalue weighted by atomic mass is 9.47. The molecule has 0 bridgehead atoms. The van der Waals surface area contributed by atoms with Crippen LogP contribution in [-0.4, -0.2) is 10.7 Å². The summed E-state index contributed by atoms with van der Waals surface area (Å²) in [5.41, 5.74) is 0.370.